The molecule has 0 N–H and O–H groups in total. The molecule has 1 saturated heterocycles. The van der Waals surface area contributed by atoms with Crippen LogP contribution in [0.25, 0.3) is 0 Å². The van der Waals surface area contributed by atoms with Gasteiger partial charge < -0.3 is 4.57 Å². The average molecular weight is 353 g/mol. The van der Waals surface area contributed by atoms with Gasteiger partial charge in [0.15, 0.2) is 0 Å². The van der Waals surface area contributed by atoms with E-state index in [4.69, 9.17) is 0 Å². The predicted molar refractivity (Wildman–Crippen MR) is 99.1 cm³/mol. The van der Waals surface area contributed by atoms with Gasteiger partial charge >= 0.3 is 0 Å². The monoisotopic (exact) mass is 353 g/mol. The Bertz CT molecular complexity index is 868. The van der Waals surface area contributed by atoms with Gasteiger partial charge in [-0.25, -0.2) is 9.67 Å². The van der Waals surface area contributed by atoms with Crippen molar-refractivity contribution < 1.29 is 0 Å². The quantitative estimate of drug-likeness (QED) is 0.843. The fraction of sp³-hybridized carbons (Fsp3) is 0.650. The topological polar surface area (TPSA) is 56.0 Å². The Morgan fingerprint density at radius 2 is 2.04 bits per heavy atom. The van der Waals surface area contributed by atoms with Gasteiger partial charge in [-0.15, -0.1) is 0 Å². The lowest BCUT2D eigenvalue weighted by molar-refractivity contribution is 0.210. The Labute approximate surface area is 153 Å². The van der Waals surface area contributed by atoms with Crippen LogP contribution in [0.5, 0.6) is 0 Å². The van der Waals surface area contributed by atoms with E-state index in [0.717, 1.165) is 57.4 Å². The van der Waals surface area contributed by atoms with E-state index < -0.39 is 0 Å². The number of aryl methyl sites for hydroxylation is 3. The fourth-order valence-corrected chi connectivity index (χ4v) is 4.89. The second kappa shape index (κ2) is 6.65. The third-order valence-electron chi connectivity index (χ3n) is 6.32. The minimum Gasteiger partial charge on any atom is -0.331 e. The highest BCUT2D eigenvalue weighted by atomic mass is 16.1. The van der Waals surface area contributed by atoms with E-state index >= 15 is 0 Å². The van der Waals surface area contributed by atoms with Gasteiger partial charge in [-0.3, -0.25) is 9.69 Å². The predicted octanol–water partition coefficient (Wildman–Crippen LogP) is 1.93. The molecule has 5 rings (SSSR count). The molecule has 0 radical (unpaired) electrons. The Kier molecular flexibility index (Phi) is 4.15. The zero-order chi connectivity index (χ0) is 17.5. The first kappa shape index (κ1) is 16.2. The van der Waals surface area contributed by atoms with Crippen LogP contribution in [-0.4, -0.2) is 36.8 Å². The molecule has 0 aromatic carbocycles. The third kappa shape index (κ3) is 2.90. The molecule has 26 heavy (non-hydrogen) atoms. The van der Waals surface area contributed by atoms with Crippen LogP contribution in [0.3, 0.4) is 0 Å². The number of aromatic nitrogens is 4. The standard InChI is InChI=1S/C20H27N5O/c26-20-11-15-5-3-7-18(15)22-25(20)14-16-6-4-9-23(16)13-17-12-21-19-8-1-2-10-24(17)19/h11-12,16H,1-10,13-14H2. The molecule has 2 aliphatic heterocycles. The second-order valence-electron chi connectivity index (χ2n) is 8.03. The van der Waals surface area contributed by atoms with Crippen molar-refractivity contribution in [3.8, 4) is 0 Å². The summed E-state index contributed by atoms with van der Waals surface area (Å²) in [5.41, 5.74) is 3.71. The molecule has 3 aliphatic rings. The van der Waals surface area contributed by atoms with Gasteiger partial charge in [0, 0.05) is 37.8 Å². The van der Waals surface area contributed by atoms with Crippen LogP contribution in [0.1, 0.15) is 54.9 Å². The van der Waals surface area contributed by atoms with Crippen LogP contribution >= 0.6 is 0 Å². The molecular formula is C20H27N5O. The number of likely N-dealkylation sites (tertiary alicyclic amines) is 1. The Balaban J connectivity index is 1.33. The maximum Gasteiger partial charge on any atom is 0.267 e. The summed E-state index contributed by atoms with van der Waals surface area (Å²) >= 11 is 0. The smallest absolute Gasteiger partial charge is 0.267 e. The van der Waals surface area contributed by atoms with E-state index in [2.05, 4.69) is 25.7 Å². The molecule has 0 spiro atoms. The highest BCUT2D eigenvalue weighted by Crippen LogP contribution is 2.24. The van der Waals surface area contributed by atoms with Crippen molar-refractivity contribution in [2.24, 2.45) is 0 Å². The lowest BCUT2D eigenvalue weighted by Crippen LogP contribution is -2.37. The summed E-state index contributed by atoms with van der Waals surface area (Å²) in [7, 11) is 0. The van der Waals surface area contributed by atoms with Crippen molar-refractivity contribution in [3.05, 3.63) is 45.4 Å². The van der Waals surface area contributed by atoms with Crippen LogP contribution in [-0.2, 0) is 38.9 Å². The molecule has 1 unspecified atom stereocenters. The Morgan fingerprint density at radius 1 is 1.08 bits per heavy atom. The van der Waals surface area contributed by atoms with Crippen LogP contribution in [0, 0.1) is 0 Å². The average Bonchev–Trinajstić information content (AvgIpc) is 3.37. The van der Waals surface area contributed by atoms with E-state index in [9.17, 15) is 4.79 Å². The third-order valence-corrected chi connectivity index (χ3v) is 6.32. The number of nitrogens with zero attached hydrogens (tertiary/aromatic N) is 5. The van der Waals surface area contributed by atoms with Gasteiger partial charge in [0.2, 0.25) is 0 Å². The van der Waals surface area contributed by atoms with Gasteiger partial charge in [0.1, 0.15) is 5.82 Å². The first-order chi connectivity index (χ1) is 12.8. The highest BCUT2D eigenvalue weighted by molar-refractivity contribution is 5.22. The summed E-state index contributed by atoms with van der Waals surface area (Å²) in [6.45, 7) is 3.87. The van der Waals surface area contributed by atoms with E-state index in [-0.39, 0.29) is 5.56 Å². The molecule has 0 bridgehead atoms. The van der Waals surface area contributed by atoms with Crippen molar-refractivity contribution in [3.63, 3.8) is 0 Å². The summed E-state index contributed by atoms with van der Waals surface area (Å²) in [5.74, 6) is 1.25. The zero-order valence-electron chi connectivity index (χ0n) is 15.4. The Hall–Kier alpha value is -1.95. The number of hydrogen-bond donors (Lipinski definition) is 0. The van der Waals surface area contributed by atoms with Crippen LogP contribution in [0.15, 0.2) is 17.1 Å². The Morgan fingerprint density at radius 3 is 3.00 bits per heavy atom. The van der Waals surface area contributed by atoms with E-state index in [1.807, 2.05) is 6.07 Å². The first-order valence-corrected chi connectivity index (χ1v) is 10.2. The van der Waals surface area contributed by atoms with Crippen molar-refractivity contribution in [1.29, 1.82) is 0 Å². The molecule has 6 nitrogen and oxygen atoms in total. The SMILES string of the molecule is O=c1cc2c(nn1CC1CCCN1Cc1cnc3n1CCCC3)CCC2. The molecule has 1 atom stereocenters. The molecule has 0 saturated carbocycles. The zero-order valence-corrected chi connectivity index (χ0v) is 15.4. The maximum atomic E-state index is 12.4. The molecule has 0 amide bonds. The molecule has 1 aliphatic carbocycles. The normalized spacial score (nSPS) is 22.5. The number of imidazole rings is 1. The molecule has 6 heteroatoms. The number of fused-ring (bicyclic) bond motifs is 2. The lowest BCUT2D eigenvalue weighted by Gasteiger charge is -2.26. The second-order valence-corrected chi connectivity index (χ2v) is 8.03. The van der Waals surface area contributed by atoms with Crippen LogP contribution in [0.2, 0.25) is 0 Å². The van der Waals surface area contributed by atoms with Gasteiger partial charge in [0.25, 0.3) is 5.56 Å². The molecule has 138 valence electrons. The summed E-state index contributed by atoms with van der Waals surface area (Å²) in [4.78, 5) is 19.6. The van der Waals surface area contributed by atoms with Crippen molar-refractivity contribution in [2.45, 2.75) is 77.0 Å². The minimum atomic E-state index is 0.0687. The number of hydrogen-bond acceptors (Lipinski definition) is 4. The van der Waals surface area contributed by atoms with Gasteiger partial charge in [-0.1, -0.05) is 0 Å². The summed E-state index contributed by atoms with van der Waals surface area (Å²) in [6, 6.07) is 2.22. The molecule has 2 aromatic rings. The first-order valence-electron chi connectivity index (χ1n) is 10.2. The summed E-state index contributed by atoms with van der Waals surface area (Å²) < 4.78 is 4.14. The lowest BCUT2D eigenvalue weighted by atomic mass is 10.1. The van der Waals surface area contributed by atoms with Gasteiger partial charge in [0.05, 0.1) is 17.9 Å². The molecule has 2 aromatic heterocycles. The maximum absolute atomic E-state index is 12.4. The summed E-state index contributed by atoms with van der Waals surface area (Å²) in [5, 5.41) is 4.68. The fourth-order valence-electron chi connectivity index (χ4n) is 4.89. The largest absolute Gasteiger partial charge is 0.331 e. The van der Waals surface area contributed by atoms with Crippen molar-refractivity contribution in [2.75, 3.05) is 6.54 Å². The highest BCUT2D eigenvalue weighted by Gasteiger charge is 2.28. The van der Waals surface area contributed by atoms with E-state index in [1.54, 1.807) is 4.68 Å². The number of rotatable bonds is 4. The van der Waals surface area contributed by atoms with E-state index in [0.29, 0.717) is 12.6 Å². The van der Waals surface area contributed by atoms with Crippen LogP contribution < -0.4 is 5.56 Å². The molecule has 1 fully saturated rings. The van der Waals surface area contributed by atoms with E-state index in [1.165, 1.54) is 36.3 Å². The minimum absolute atomic E-state index is 0.0687. The van der Waals surface area contributed by atoms with Crippen LogP contribution in [0.4, 0.5) is 0 Å². The van der Waals surface area contributed by atoms with Crippen molar-refractivity contribution in [1.82, 2.24) is 24.2 Å². The summed E-state index contributed by atoms with van der Waals surface area (Å²) in [6.07, 6.45) is 11.2. The van der Waals surface area contributed by atoms with Gasteiger partial charge in [-0.2, -0.15) is 5.10 Å². The molecule has 4 heterocycles. The molecular weight excluding hydrogens is 326 g/mol. The van der Waals surface area contributed by atoms with Crippen molar-refractivity contribution >= 4 is 0 Å². The van der Waals surface area contributed by atoms with Gasteiger partial charge in [-0.05, 0) is 57.1 Å².